The van der Waals surface area contributed by atoms with Gasteiger partial charge in [-0.2, -0.15) is 0 Å². The molecule has 0 bridgehead atoms. The van der Waals surface area contributed by atoms with Crippen molar-refractivity contribution >= 4 is 17.4 Å². The Morgan fingerprint density at radius 1 is 1.13 bits per heavy atom. The summed E-state index contributed by atoms with van der Waals surface area (Å²) in [7, 11) is 0. The van der Waals surface area contributed by atoms with Crippen LogP contribution in [-0.4, -0.2) is 20.9 Å². The van der Waals surface area contributed by atoms with E-state index in [1.165, 1.54) is 18.5 Å². The van der Waals surface area contributed by atoms with Crippen LogP contribution < -0.4 is 11.1 Å². The van der Waals surface area contributed by atoms with Gasteiger partial charge in [-0.1, -0.05) is 12.1 Å². The number of nitrogens with two attached hydrogens (primary N) is 1. The van der Waals surface area contributed by atoms with Crippen LogP contribution in [0, 0.1) is 5.82 Å². The van der Waals surface area contributed by atoms with E-state index in [4.69, 9.17) is 5.73 Å². The third-order valence-corrected chi connectivity index (χ3v) is 3.09. The molecule has 7 heteroatoms. The van der Waals surface area contributed by atoms with Crippen molar-refractivity contribution in [1.82, 2.24) is 15.0 Å². The molecule has 0 aliphatic rings. The Bertz CT molecular complexity index is 854. The first kappa shape index (κ1) is 14.6. The second kappa shape index (κ2) is 6.18. The second-order valence-corrected chi connectivity index (χ2v) is 4.66. The number of aromatic nitrogens is 3. The number of nitrogens with one attached hydrogen (secondary N) is 1. The first-order valence-corrected chi connectivity index (χ1v) is 6.74. The van der Waals surface area contributed by atoms with Gasteiger partial charge in [0.05, 0.1) is 23.8 Å². The van der Waals surface area contributed by atoms with Gasteiger partial charge in [-0.25, -0.2) is 14.4 Å². The molecule has 0 atom stereocenters. The van der Waals surface area contributed by atoms with Gasteiger partial charge in [0.2, 0.25) is 0 Å². The van der Waals surface area contributed by atoms with Crippen molar-refractivity contribution in [3.8, 4) is 11.3 Å². The van der Waals surface area contributed by atoms with Gasteiger partial charge in [0, 0.05) is 11.8 Å². The molecule has 3 rings (SSSR count). The number of pyridine rings is 1. The Balaban J connectivity index is 1.95. The predicted molar refractivity (Wildman–Crippen MR) is 84.0 cm³/mol. The Kier molecular flexibility index (Phi) is 3.92. The van der Waals surface area contributed by atoms with E-state index in [1.54, 1.807) is 36.5 Å². The van der Waals surface area contributed by atoms with Crippen molar-refractivity contribution in [2.45, 2.75) is 0 Å². The predicted octanol–water partition coefficient (Wildman–Crippen LogP) is 2.51. The number of rotatable bonds is 3. The lowest BCUT2D eigenvalue weighted by atomic mass is 10.1. The van der Waals surface area contributed by atoms with Crippen LogP contribution in [0.2, 0.25) is 0 Å². The minimum Gasteiger partial charge on any atom is -0.382 e. The summed E-state index contributed by atoms with van der Waals surface area (Å²) in [5.41, 5.74) is 6.61. The molecule has 1 aromatic carbocycles. The maximum absolute atomic E-state index is 13.8. The molecular weight excluding hydrogens is 297 g/mol. The molecule has 0 radical (unpaired) electrons. The smallest absolute Gasteiger partial charge is 0.278 e. The Hall–Kier alpha value is -3.35. The number of hydrogen-bond donors (Lipinski definition) is 2. The number of anilines is 2. The van der Waals surface area contributed by atoms with Gasteiger partial charge in [0.15, 0.2) is 11.5 Å². The van der Waals surface area contributed by atoms with Gasteiger partial charge in [-0.05, 0) is 24.3 Å². The lowest BCUT2D eigenvalue weighted by molar-refractivity contribution is 0.102. The molecule has 2 aromatic heterocycles. The van der Waals surface area contributed by atoms with E-state index in [0.717, 1.165) is 0 Å². The Morgan fingerprint density at radius 2 is 1.96 bits per heavy atom. The summed E-state index contributed by atoms with van der Waals surface area (Å²) >= 11 is 0. The van der Waals surface area contributed by atoms with E-state index in [1.807, 2.05) is 0 Å². The van der Waals surface area contributed by atoms with Gasteiger partial charge in [0.1, 0.15) is 5.82 Å². The zero-order chi connectivity index (χ0) is 16.2. The number of halogens is 1. The number of carbonyl (C=O) groups is 1. The lowest BCUT2D eigenvalue weighted by Crippen LogP contribution is -2.17. The van der Waals surface area contributed by atoms with Gasteiger partial charge in [0.25, 0.3) is 5.91 Å². The maximum atomic E-state index is 13.8. The first-order chi connectivity index (χ1) is 11.1. The Labute approximate surface area is 131 Å². The van der Waals surface area contributed by atoms with Crippen molar-refractivity contribution in [2.75, 3.05) is 11.1 Å². The normalized spacial score (nSPS) is 10.3. The quantitative estimate of drug-likeness (QED) is 0.775. The fourth-order valence-corrected chi connectivity index (χ4v) is 1.99. The van der Waals surface area contributed by atoms with E-state index >= 15 is 0 Å². The van der Waals surface area contributed by atoms with Crippen molar-refractivity contribution in [3.05, 3.63) is 66.5 Å². The first-order valence-electron chi connectivity index (χ1n) is 6.74. The molecule has 0 aliphatic carbocycles. The average Bonchev–Trinajstić information content (AvgIpc) is 2.57. The van der Waals surface area contributed by atoms with Gasteiger partial charge in [-0.3, -0.25) is 9.78 Å². The summed E-state index contributed by atoms with van der Waals surface area (Å²) in [5, 5.41) is 2.61. The molecular formula is C16H12FN5O. The fraction of sp³-hybridized carbons (Fsp3) is 0. The summed E-state index contributed by atoms with van der Waals surface area (Å²) < 4.78 is 13.8. The fourth-order valence-electron chi connectivity index (χ4n) is 1.99. The third kappa shape index (κ3) is 3.13. The number of carbonyl (C=O) groups excluding carboxylic acids is 1. The molecule has 6 nitrogen and oxygen atoms in total. The van der Waals surface area contributed by atoms with Crippen molar-refractivity contribution in [2.24, 2.45) is 0 Å². The standard InChI is InChI=1S/C16H12FN5O/c17-12-6-2-1-5-11(12)13-9-20-15(18)14(22-13)16(23)21-10-4-3-7-19-8-10/h1-9H,(H2,18,20)(H,21,23). The van der Waals surface area contributed by atoms with Crippen LogP contribution in [0.3, 0.4) is 0 Å². The molecule has 3 N–H and O–H groups in total. The summed E-state index contributed by atoms with van der Waals surface area (Å²) in [5.74, 6) is -1.03. The van der Waals surface area contributed by atoms with Crippen LogP contribution >= 0.6 is 0 Å². The lowest BCUT2D eigenvalue weighted by Gasteiger charge is -2.08. The molecule has 1 amide bonds. The summed E-state index contributed by atoms with van der Waals surface area (Å²) in [4.78, 5) is 24.3. The molecule has 23 heavy (non-hydrogen) atoms. The SMILES string of the molecule is Nc1ncc(-c2ccccc2F)nc1C(=O)Nc1cccnc1. The Morgan fingerprint density at radius 3 is 2.70 bits per heavy atom. The van der Waals surface area contributed by atoms with Gasteiger partial charge in [-0.15, -0.1) is 0 Å². The summed E-state index contributed by atoms with van der Waals surface area (Å²) in [6.45, 7) is 0. The monoisotopic (exact) mass is 309 g/mol. The van der Waals surface area contributed by atoms with E-state index in [0.29, 0.717) is 5.69 Å². The molecule has 0 aliphatic heterocycles. The van der Waals surface area contributed by atoms with Crippen molar-refractivity contribution in [1.29, 1.82) is 0 Å². The molecule has 0 spiro atoms. The highest BCUT2D eigenvalue weighted by atomic mass is 19.1. The molecule has 3 aromatic rings. The molecule has 0 saturated heterocycles. The number of hydrogen-bond acceptors (Lipinski definition) is 5. The highest BCUT2D eigenvalue weighted by Gasteiger charge is 2.16. The number of benzene rings is 1. The number of amides is 1. The van der Waals surface area contributed by atoms with E-state index in [9.17, 15) is 9.18 Å². The second-order valence-electron chi connectivity index (χ2n) is 4.66. The highest BCUT2D eigenvalue weighted by Crippen LogP contribution is 2.21. The average molecular weight is 309 g/mol. The molecule has 0 saturated carbocycles. The van der Waals surface area contributed by atoms with E-state index in [-0.39, 0.29) is 22.8 Å². The molecule has 2 heterocycles. The van der Waals surface area contributed by atoms with Crippen LogP contribution in [-0.2, 0) is 0 Å². The highest BCUT2D eigenvalue weighted by molar-refractivity contribution is 6.05. The van der Waals surface area contributed by atoms with Crippen molar-refractivity contribution < 1.29 is 9.18 Å². The number of nitrogens with zero attached hydrogens (tertiary/aromatic N) is 3. The molecule has 114 valence electrons. The summed E-state index contributed by atoms with van der Waals surface area (Å²) in [6, 6.07) is 9.46. The van der Waals surface area contributed by atoms with Crippen LogP contribution in [0.25, 0.3) is 11.3 Å². The van der Waals surface area contributed by atoms with Gasteiger partial charge < -0.3 is 11.1 Å². The maximum Gasteiger partial charge on any atom is 0.278 e. The largest absolute Gasteiger partial charge is 0.382 e. The van der Waals surface area contributed by atoms with Crippen LogP contribution in [0.5, 0.6) is 0 Å². The summed E-state index contributed by atoms with van der Waals surface area (Å²) in [6.07, 6.45) is 4.40. The third-order valence-electron chi connectivity index (χ3n) is 3.09. The molecule has 0 unspecified atom stereocenters. The minimum absolute atomic E-state index is 0.0357. The van der Waals surface area contributed by atoms with E-state index < -0.39 is 11.7 Å². The van der Waals surface area contributed by atoms with Gasteiger partial charge >= 0.3 is 0 Å². The minimum atomic E-state index is -0.541. The van der Waals surface area contributed by atoms with Crippen molar-refractivity contribution in [3.63, 3.8) is 0 Å². The van der Waals surface area contributed by atoms with E-state index in [2.05, 4.69) is 20.3 Å². The zero-order valence-electron chi connectivity index (χ0n) is 11.9. The topological polar surface area (TPSA) is 93.8 Å². The van der Waals surface area contributed by atoms with Crippen LogP contribution in [0.4, 0.5) is 15.9 Å². The molecule has 0 fully saturated rings. The van der Waals surface area contributed by atoms with Crippen LogP contribution in [0.1, 0.15) is 10.5 Å². The number of nitrogen functional groups attached to an aromatic ring is 1. The van der Waals surface area contributed by atoms with Crippen LogP contribution in [0.15, 0.2) is 55.0 Å². The zero-order valence-corrected chi connectivity index (χ0v) is 11.9.